The molecule has 0 aliphatic carbocycles. The number of rotatable bonds is 13. The second-order valence-corrected chi connectivity index (χ2v) is 13.7. The number of benzene rings is 2. The number of methoxy groups -OCH3 is 1. The van der Waals surface area contributed by atoms with Crippen LogP contribution in [-0.2, 0) is 33.7 Å². The molecule has 4 rings (SSSR count). The SMILES string of the molecule is COC(=O)CN1C(=O)[C@H](C[C@H](NC(=O)[C@@H]2CCCN2C(=O)OCCS(=O)(=O)c2ccc([N+](=O)[O-])cc2)C(C)C)[C@H]1c1ccccc1. The quantitative estimate of drug-likeness (QED) is 0.145. The van der Waals surface area contributed by atoms with Gasteiger partial charge < -0.3 is 19.7 Å². The molecule has 0 saturated carbocycles. The van der Waals surface area contributed by atoms with E-state index in [9.17, 15) is 37.7 Å². The van der Waals surface area contributed by atoms with Crippen molar-refractivity contribution in [1.82, 2.24) is 15.1 Å². The Balaban J connectivity index is 1.36. The molecule has 4 atom stereocenters. The van der Waals surface area contributed by atoms with Crippen LogP contribution in [0.15, 0.2) is 59.5 Å². The predicted octanol–water partition coefficient (Wildman–Crippen LogP) is 2.87. The number of ether oxygens (including phenoxy) is 2. The molecule has 46 heavy (non-hydrogen) atoms. The third kappa shape index (κ3) is 7.81. The Labute approximate surface area is 267 Å². The van der Waals surface area contributed by atoms with E-state index in [-0.39, 0.29) is 41.5 Å². The van der Waals surface area contributed by atoms with Crippen molar-refractivity contribution >= 4 is 39.4 Å². The number of carbonyl (C=O) groups excluding carboxylic acids is 4. The molecule has 2 saturated heterocycles. The lowest BCUT2D eigenvalue weighted by molar-refractivity contribution is -0.384. The van der Waals surface area contributed by atoms with Crippen LogP contribution in [0.5, 0.6) is 0 Å². The Morgan fingerprint density at radius 2 is 1.76 bits per heavy atom. The van der Waals surface area contributed by atoms with Crippen LogP contribution in [0.3, 0.4) is 0 Å². The van der Waals surface area contributed by atoms with Gasteiger partial charge in [0.2, 0.25) is 11.8 Å². The highest BCUT2D eigenvalue weighted by molar-refractivity contribution is 7.91. The molecule has 0 radical (unpaired) electrons. The first-order valence-electron chi connectivity index (χ1n) is 15.0. The van der Waals surface area contributed by atoms with Crippen molar-refractivity contribution in [1.29, 1.82) is 0 Å². The molecule has 2 fully saturated rings. The fourth-order valence-electron chi connectivity index (χ4n) is 5.81. The van der Waals surface area contributed by atoms with E-state index in [0.29, 0.717) is 19.3 Å². The van der Waals surface area contributed by atoms with Gasteiger partial charge in [0, 0.05) is 24.7 Å². The van der Waals surface area contributed by atoms with Gasteiger partial charge in [0.1, 0.15) is 19.2 Å². The van der Waals surface area contributed by atoms with Crippen LogP contribution in [0.25, 0.3) is 0 Å². The Morgan fingerprint density at radius 3 is 2.37 bits per heavy atom. The fraction of sp³-hybridized carbons (Fsp3) is 0.484. The first-order chi connectivity index (χ1) is 21.8. The monoisotopic (exact) mass is 658 g/mol. The maximum Gasteiger partial charge on any atom is 0.410 e. The van der Waals surface area contributed by atoms with Crippen molar-refractivity contribution in [3.63, 3.8) is 0 Å². The Morgan fingerprint density at radius 1 is 1.09 bits per heavy atom. The molecule has 2 aliphatic heterocycles. The van der Waals surface area contributed by atoms with Crippen molar-refractivity contribution < 1.29 is 42.0 Å². The largest absolute Gasteiger partial charge is 0.468 e. The second-order valence-electron chi connectivity index (χ2n) is 11.6. The highest BCUT2D eigenvalue weighted by Crippen LogP contribution is 2.43. The minimum absolute atomic E-state index is 0.0609. The van der Waals surface area contributed by atoms with E-state index in [4.69, 9.17) is 9.47 Å². The standard InChI is InChI=1S/C31H38N4O10S/c1-20(2)25(18-24-28(21-8-5-4-6-9-21)34(30(24)38)19-27(36)44-3)32-29(37)26-10-7-15-33(26)31(39)45-16-17-46(42,43)23-13-11-22(12-14-23)35(40)41/h4-6,8-9,11-14,20,24-26,28H,7,10,15-19H2,1-3H3,(H,32,37)/t24-,25+,26+,28-/m1/s1. The average Bonchev–Trinajstić information content (AvgIpc) is 3.54. The van der Waals surface area contributed by atoms with E-state index >= 15 is 0 Å². The summed E-state index contributed by atoms with van der Waals surface area (Å²) in [6.07, 6.45) is 0.418. The number of non-ortho nitro benzene ring substituents is 1. The fourth-order valence-corrected chi connectivity index (χ4v) is 6.90. The Bertz CT molecular complexity index is 1550. The van der Waals surface area contributed by atoms with Crippen molar-refractivity contribution in [3.05, 3.63) is 70.3 Å². The van der Waals surface area contributed by atoms with E-state index < -0.39 is 63.1 Å². The number of nitro benzene ring substituents is 1. The van der Waals surface area contributed by atoms with Gasteiger partial charge in [-0.15, -0.1) is 0 Å². The highest BCUT2D eigenvalue weighted by Gasteiger charge is 2.50. The van der Waals surface area contributed by atoms with Crippen molar-refractivity contribution in [3.8, 4) is 0 Å². The number of β-lactam (4-membered cyclic amide) rings is 1. The molecule has 0 spiro atoms. The molecule has 2 heterocycles. The molecular weight excluding hydrogens is 620 g/mol. The Kier molecular flexibility index (Phi) is 11.0. The first kappa shape index (κ1) is 34.3. The molecule has 3 amide bonds. The number of sulfone groups is 1. The lowest BCUT2D eigenvalue weighted by Gasteiger charge is -2.48. The lowest BCUT2D eigenvalue weighted by Crippen LogP contribution is -2.59. The van der Waals surface area contributed by atoms with Crippen LogP contribution >= 0.6 is 0 Å². The zero-order valence-corrected chi connectivity index (χ0v) is 26.7. The van der Waals surface area contributed by atoms with E-state index in [2.05, 4.69) is 5.32 Å². The molecule has 0 unspecified atom stereocenters. The van der Waals surface area contributed by atoms with Gasteiger partial charge in [0.05, 0.1) is 34.6 Å². The third-order valence-electron chi connectivity index (χ3n) is 8.40. The predicted molar refractivity (Wildman–Crippen MR) is 164 cm³/mol. The number of amides is 3. The van der Waals surface area contributed by atoms with E-state index in [1.807, 2.05) is 44.2 Å². The van der Waals surface area contributed by atoms with Gasteiger partial charge in [0.25, 0.3) is 5.69 Å². The lowest BCUT2D eigenvalue weighted by atomic mass is 9.77. The summed E-state index contributed by atoms with van der Waals surface area (Å²) in [5.74, 6) is -2.23. The van der Waals surface area contributed by atoms with Crippen LogP contribution in [0.1, 0.15) is 44.7 Å². The van der Waals surface area contributed by atoms with Gasteiger partial charge in [-0.2, -0.15) is 0 Å². The minimum Gasteiger partial charge on any atom is -0.468 e. The molecular formula is C31H38N4O10S. The summed E-state index contributed by atoms with van der Waals surface area (Å²) in [6, 6.07) is 12.1. The van der Waals surface area contributed by atoms with Gasteiger partial charge in [0.15, 0.2) is 9.84 Å². The molecule has 2 aromatic carbocycles. The third-order valence-corrected chi connectivity index (χ3v) is 10.1. The summed E-state index contributed by atoms with van der Waals surface area (Å²) in [5.41, 5.74) is 0.615. The smallest absolute Gasteiger partial charge is 0.410 e. The summed E-state index contributed by atoms with van der Waals surface area (Å²) >= 11 is 0. The van der Waals surface area contributed by atoms with Gasteiger partial charge in [-0.1, -0.05) is 44.2 Å². The molecule has 2 aromatic rings. The van der Waals surface area contributed by atoms with Gasteiger partial charge >= 0.3 is 12.1 Å². The molecule has 0 bridgehead atoms. The molecule has 1 N–H and O–H groups in total. The van der Waals surface area contributed by atoms with Gasteiger partial charge in [-0.05, 0) is 42.9 Å². The molecule has 15 heteroatoms. The van der Waals surface area contributed by atoms with Gasteiger partial charge in [-0.3, -0.25) is 29.4 Å². The topological polar surface area (TPSA) is 183 Å². The minimum atomic E-state index is -3.88. The molecule has 248 valence electrons. The summed E-state index contributed by atoms with van der Waals surface area (Å²) in [6.45, 7) is 3.44. The first-order valence-corrected chi connectivity index (χ1v) is 16.6. The Hall–Kier alpha value is -4.53. The van der Waals surface area contributed by atoms with E-state index in [1.165, 1.54) is 16.9 Å². The molecule has 14 nitrogen and oxygen atoms in total. The average molecular weight is 659 g/mol. The number of hydrogen-bond acceptors (Lipinski definition) is 10. The van der Waals surface area contributed by atoms with E-state index in [1.54, 1.807) is 0 Å². The number of esters is 1. The van der Waals surface area contributed by atoms with Crippen LogP contribution in [-0.4, -0.2) is 91.7 Å². The molecule has 0 aromatic heterocycles. The maximum atomic E-state index is 13.5. The summed E-state index contributed by atoms with van der Waals surface area (Å²) in [5, 5.41) is 13.9. The van der Waals surface area contributed by atoms with Crippen LogP contribution in [0.2, 0.25) is 0 Å². The number of nitro groups is 1. The number of nitrogens with zero attached hydrogens (tertiary/aromatic N) is 3. The van der Waals surface area contributed by atoms with Crippen molar-refractivity contribution in [2.75, 3.05) is 32.6 Å². The van der Waals surface area contributed by atoms with Crippen molar-refractivity contribution in [2.45, 2.75) is 56.1 Å². The van der Waals surface area contributed by atoms with Gasteiger partial charge in [-0.25, -0.2) is 13.2 Å². The maximum absolute atomic E-state index is 13.5. The normalized spacial score (nSPS) is 20.2. The van der Waals surface area contributed by atoms with Crippen LogP contribution < -0.4 is 5.32 Å². The summed E-state index contributed by atoms with van der Waals surface area (Å²) < 4.78 is 35.3. The number of hydrogen-bond donors (Lipinski definition) is 1. The zero-order chi connectivity index (χ0) is 33.6. The van der Waals surface area contributed by atoms with E-state index in [0.717, 1.165) is 29.8 Å². The number of carbonyl (C=O) groups is 4. The van der Waals surface area contributed by atoms with Crippen LogP contribution in [0.4, 0.5) is 10.5 Å². The number of likely N-dealkylation sites (tertiary alicyclic amines) is 2. The summed E-state index contributed by atoms with van der Waals surface area (Å²) in [4.78, 5) is 64.4. The van der Waals surface area contributed by atoms with Crippen molar-refractivity contribution in [2.24, 2.45) is 11.8 Å². The zero-order valence-electron chi connectivity index (χ0n) is 25.9. The molecule has 2 aliphatic rings. The summed E-state index contributed by atoms with van der Waals surface area (Å²) in [7, 11) is -2.62. The number of nitrogens with one attached hydrogen (secondary N) is 1. The second kappa shape index (κ2) is 14.7. The van der Waals surface area contributed by atoms with Crippen LogP contribution in [0, 0.1) is 22.0 Å². The highest BCUT2D eigenvalue weighted by atomic mass is 32.2.